The molecule has 0 atom stereocenters. The normalized spacial score (nSPS) is 14.5. The Balaban J connectivity index is 1.34. The van der Waals surface area contributed by atoms with Gasteiger partial charge in [0.05, 0.1) is 18.1 Å². The van der Waals surface area contributed by atoms with Crippen molar-refractivity contribution >= 4 is 55.7 Å². The monoisotopic (exact) mass is 573 g/mol. The topological polar surface area (TPSA) is 55.8 Å². The summed E-state index contributed by atoms with van der Waals surface area (Å²) in [7, 11) is 0. The average Bonchev–Trinajstić information content (AvgIpc) is 3.15. The van der Waals surface area contributed by atoms with Gasteiger partial charge in [-0.15, -0.1) is 0 Å². The van der Waals surface area contributed by atoms with Crippen LogP contribution in [0.3, 0.4) is 0 Å². The Morgan fingerprint density at radius 1 is 0.892 bits per heavy atom. The van der Waals surface area contributed by atoms with Crippen molar-refractivity contribution in [2.24, 2.45) is 0 Å². The van der Waals surface area contributed by atoms with Crippen LogP contribution in [0.2, 0.25) is 0 Å². The second kappa shape index (κ2) is 11.2. The van der Waals surface area contributed by atoms with E-state index < -0.39 is 0 Å². The van der Waals surface area contributed by atoms with Crippen molar-refractivity contribution in [1.82, 2.24) is 4.90 Å². The predicted molar refractivity (Wildman–Crippen MR) is 152 cm³/mol. The Bertz CT molecular complexity index is 1510. The molecule has 1 saturated heterocycles. The maximum atomic E-state index is 13.0. The minimum Gasteiger partial charge on any atom is -0.490 e. The lowest BCUT2D eigenvalue weighted by Crippen LogP contribution is -2.27. The van der Waals surface area contributed by atoms with E-state index in [1.807, 2.05) is 67.6 Å². The summed E-state index contributed by atoms with van der Waals surface area (Å²) >= 11 is 4.38. The van der Waals surface area contributed by atoms with E-state index in [9.17, 15) is 9.59 Å². The Morgan fingerprint density at radius 2 is 1.70 bits per heavy atom. The van der Waals surface area contributed by atoms with Gasteiger partial charge >= 0.3 is 0 Å². The van der Waals surface area contributed by atoms with Crippen molar-refractivity contribution in [2.75, 3.05) is 6.61 Å². The number of imide groups is 1. The number of ether oxygens (including phenoxy) is 2. The molecule has 0 radical (unpaired) electrons. The fraction of sp³-hybridized carbons (Fsp3) is 0.133. The average molecular weight is 574 g/mol. The number of carbonyl (C=O) groups excluding carboxylic acids is 2. The number of hydrogen-bond acceptors (Lipinski definition) is 5. The highest BCUT2D eigenvalue weighted by atomic mass is 79.9. The van der Waals surface area contributed by atoms with E-state index in [2.05, 4.69) is 40.2 Å². The molecule has 0 saturated carbocycles. The van der Waals surface area contributed by atoms with Gasteiger partial charge in [0, 0.05) is 4.47 Å². The van der Waals surface area contributed by atoms with Gasteiger partial charge in [0.2, 0.25) is 0 Å². The molecule has 186 valence electrons. The number of rotatable bonds is 8. The summed E-state index contributed by atoms with van der Waals surface area (Å²) in [4.78, 5) is 27.2. The molecule has 1 aliphatic rings. The van der Waals surface area contributed by atoms with Gasteiger partial charge in [-0.05, 0) is 76.5 Å². The van der Waals surface area contributed by atoms with Crippen LogP contribution < -0.4 is 9.47 Å². The van der Waals surface area contributed by atoms with E-state index in [-0.39, 0.29) is 17.7 Å². The third-order valence-electron chi connectivity index (χ3n) is 5.93. The van der Waals surface area contributed by atoms with E-state index in [4.69, 9.17) is 9.47 Å². The quantitative estimate of drug-likeness (QED) is 0.201. The molecule has 0 aliphatic carbocycles. The lowest BCUT2D eigenvalue weighted by atomic mass is 10.1. The second-order valence-electron chi connectivity index (χ2n) is 8.46. The van der Waals surface area contributed by atoms with Gasteiger partial charge in [-0.3, -0.25) is 14.5 Å². The number of hydrogen-bond donors (Lipinski definition) is 0. The maximum Gasteiger partial charge on any atom is 0.293 e. The van der Waals surface area contributed by atoms with Gasteiger partial charge in [0.15, 0.2) is 11.5 Å². The van der Waals surface area contributed by atoms with E-state index in [0.717, 1.165) is 43.7 Å². The fourth-order valence-corrected chi connectivity index (χ4v) is 5.47. The molecule has 1 aliphatic heterocycles. The molecule has 0 bridgehead atoms. The van der Waals surface area contributed by atoms with E-state index in [1.165, 1.54) is 4.90 Å². The van der Waals surface area contributed by atoms with Gasteiger partial charge in [-0.25, -0.2) is 0 Å². The number of thioether (sulfide) groups is 1. The second-order valence-corrected chi connectivity index (χ2v) is 10.4. The SMILES string of the molecule is CCOc1cc(/C=C2/SC(=O)N(Cc3cccc(Br)c3)C2=O)ccc1OCc1cccc2ccccc12. The highest BCUT2D eigenvalue weighted by molar-refractivity contribution is 9.10. The zero-order valence-electron chi connectivity index (χ0n) is 20.1. The van der Waals surface area contributed by atoms with E-state index >= 15 is 0 Å². The number of halogens is 1. The van der Waals surface area contributed by atoms with Crippen molar-refractivity contribution in [2.45, 2.75) is 20.1 Å². The van der Waals surface area contributed by atoms with E-state index in [1.54, 1.807) is 6.08 Å². The largest absolute Gasteiger partial charge is 0.490 e. The Hall–Kier alpha value is -3.55. The molecule has 4 aromatic rings. The van der Waals surface area contributed by atoms with Crippen LogP contribution in [0, 0.1) is 0 Å². The fourth-order valence-electron chi connectivity index (χ4n) is 4.18. The van der Waals surface area contributed by atoms with E-state index in [0.29, 0.717) is 29.6 Å². The summed E-state index contributed by atoms with van der Waals surface area (Å²) < 4.78 is 12.9. The first kappa shape index (κ1) is 25.1. The third kappa shape index (κ3) is 5.73. The van der Waals surface area contributed by atoms with Crippen LogP contribution >= 0.6 is 27.7 Å². The van der Waals surface area contributed by atoms with Crippen LogP contribution in [0.5, 0.6) is 11.5 Å². The van der Waals surface area contributed by atoms with Gasteiger partial charge in [-0.1, -0.05) is 76.6 Å². The molecular formula is C30H24BrNO4S. The number of fused-ring (bicyclic) bond motifs is 1. The Kier molecular flexibility index (Phi) is 7.63. The molecule has 1 fully saturated rings. The summed E-state index contributed by atoms with van der Waals surface area (Å²) in [5.74, 6) is 0.906. The predicted octanol–water partition coefficient (Wildman–Crippen LogP) is 7.82. The summed E-state index contributed by atoms with van der Waals surface area (Å²) in [6.07, 6.45) is 1.73. The van der Waals surface area contributed by atoms with Crippen LogP contribution in [0.15, 0.2) is 94.3 Å². The van der Waals surface area contributed by atoms with Gasteiger partial charge in [-0.2, -0.15) is 0 Å². The molecule has 4 aromatic carbocycles. The first-order valence-electron chi connectivity index (χ1n) is 11.9. The Morgan fingerprint density at radius 3 is 2.54 bits per heavy atom. The smallest absolute Gasteiger partial charge is 0.293 e. The third-order valence-corrected chi connectivity index (χ3v) is 7.33. The van der Waals surface area contributed by atoms with Crippen molar-refractivity contribution < 1.29 is 19.1 Å². The maximum absolute atomic E-state index is 13.0. The minimum absolute atomic E-state index is 0.229. The molecular weight excluding hydrogens is 550 g/mol. The summed E-state index contributed by atoms with van der Waals surface area (Å²) in [6, 6.07) is 27.5. The number of amides is 2. The molecule has 5 nitrogen and oxygen atoms in total. The molecule has 2 amide bonds. The number of carbonyl (C=O) groups is 2. The summed E-state index contributed by atoms with van der Waals surface area (Å²) in [5.41, 5.74) is 2.72. The van der Waals surface area contributed by atoms with Crippen LogP contribution in [-0.4, -0.2) is 22.7 Å². The van der Waals surface area contributed by atoms with Crippen LogP contribution in [0.4, 0.5) is 4.79 Å². The van der Waals surface area contributed by atoms with Crippen molar-refractivity contribution in [3.63, 3.8) is 0 Å². The minimum atomic E-state index is -0.302. The van der Waals surface area contributed by atoms with Gasteiger partial charge in [0.25, 0.3) is 11.1 Å². The molecule has 0 N–H and O–H groups in total. The van der Waals surface area contributed by atoms with Crippen LogP contribution in [0.25, 0.3) is 16.8 Å². The summed E-state index contributed by atoms with van der Waals surface area (Å²) in [6.45, 7) is 3.01. The molecule has 1 heterocycles. The highest BCUT2D eigenvalue weighted by Crippen LogP contribution is 2.36. The molecule has 0 aromatic heterocycles. The Labute approximate surface area is 228 Å². The van der Waals surface area contributed by atoms with Crippen molar-refractivity contribution in [3.05, 3.63) is 111 Å². The molecule has 5 rings (SSSR count). The highest BCUT2D eigenvalue weighted by Gasteiger charge is 2.35. The molecule has 0 unspecified atom stereocenters. The van der Waals surface area contributed by atoms with Gasteiger partial charge in [0.1, 0.15) is 6.61 Å². The molecule has 37 heavy (non-hydrogen) atoms. The van der Waals surface area contributed by atoms with Crippen LogP contribution in [-0.2, 0) is 17.9 Å². The molecule has 7 heteroatoms. The number of nitrogens with zero attached hydrogens (tertiary/aromatic N) is 1. The lowest BCUT2D eigenvalue weighted by Gasteiger charge is -2.14. The number of benzene rings is 4. The first-order valence-corrected chi connectivity index (χ1v) is 13.5. The van der Waals surface area contributed by atoms with Gasteiger partial charge < -0.3 is 9.47 Å². The van der Waals surface area contributed by atoms with Crippen LogP contribution in [0.1, 0.15) is 23.6 Å². The van der Waals surface area contributed by atoms with Crippen molar-refractivity contribution in [3.8, 4) is 11.5 Å². The standard InChI is InChI=1S/C30H24BrNO4S/c1-2-35-27-16-20(13-14-26(27)36-19-23-10-6-9-22-8-3-4-12-25(22)23)17-28-29(33)32(30(34)37-28)18-21-7-5-11-24(31)15-21/h3-17H,2,18-19H2,1H3/b28-17+. The molecule has 0 spiro atoms. The zero-order chi connectivity index (χ0) is 25.8. The lowest BCUT2D eigenvalue weighted by molar-refractivity contribution is -0.123. The van der Waals surface area contributed by atoms with Crippen molar-refractivity contribution in [1.29, 1.82) is 0 Å². The summed E-state index contributed by atoms with van der Waals surface area (Å²) in [5, 5.41) is 2.03. The first-order chi connectivity index (χ1) is 18.0. The zero-order valence-corrected chi connectivity index (χ0v) is 22.6.